The molecule has 4 fully saturated rings. The van der Waals surface area contributed by atoms with Crippen molar-refractivity contribution in [1.29, 1.82) is 0 Å². The van der Waals surface area contributed by atoms with E-state index in [1.54, 1.807) is 6.42 Å². The van der Waals surface area contributed by atoms with Crippen LogP contribution in [0.3, 0.4) is 0 Å². The number of halogens is 1. The lowest BCUT2D eigenvalue weighted by Gasteiger charge is -2.63. The van der Waals surface area contributed by atoms with Crippen molar-refractivity contribution in [3.8, 4) is 0 Å². The van der Waals surface area contributed by atoms with Gasteiger partial charge in [0.2, 0.25) is 0 Å². The van der Waals surface area contributed by atoms with Crippen LogP contribution in [0.25, 0.3) is 0 Å². The Hall–Kier alpha value is 0.480. The number of hydrogen-bond acceptors (Lipinski definition) is 0. The maximum absolute atomic E-state index is 3.99. The molecule has 4 bridgehead atoms. The molecule has 74 valence electrons. The lowest BCUT2D eigenvalue weighted by molar-refractivity contribution is -0.0815. The smallest absolute Gasteiger partial charge is 0.0253 e. The van der Waals surface area contributed by atoms with Gasteiger partial charge in [-0.25, -0.2) is 0 Å². The minimum Gasteiger partial charge on any atom is -0.0879 e. The van der Waals surface area contributed by atoms with Crippen LogP contribution < -0.4 is 0 Å². The van der Waals surface area contributed by atoms with Gasteiger partial charge in [0.15, 0.2) is 0 Å². The fraction of sp³-hybridized carbons (Fsp3) is 1.00. The van der Waals surface area contributed by atoms with Crippen molar-refractivity contribution in [3.63, 3.8) is 0 Å². The first-order chi connectivity index (χ1) is 6.02. The monoisotopic (exact) mass is 242 g/mol. The highest BCUT2D eigenvalue weighted by atomic mass is 79.9. The Morgan fingerprint density at radius 2 is 1.31 bits per heavy atom. The van der Waals surface area contributed by atoms with Crippen molar-refractivity contribution in [2.24, 2.45) is 22.7 Å². The number of rotatable bonds is 0. The molecule has 0 amide bonds. The molecule has 4 aliphatic rings. The topological polar surface area (TPSA) is 0 Å². The molecule has 0 aromatic heterocycles. The third-order valence-electron chi connectivity index (χ3n) is 4.91. The van der Waals surface area contributed by atoms with E-state index in [1.807, 2.05) is 0 Å². The van der Waals surface area contributed by atoms with E-state index in [2.05, 4.69) is 29.8 Å². The summed E-state index contributed by atoms with van der Waals surface area (Å²) < 4.78 is 0. The SMILES string of the molecule is CC12CC3CC(C1)CC(C)(C3)C2Br. The van der Waals surface area contributed by atoms with E-state index in [-0.39, 0.29) is 0 Å². The molecule has 13 heavy (non-hydrogen) atoms. The second-order valence-corrected chi connectivity index (χ2v) is 7.37. The van der Waals surface area contributed by atoms with E-state index < -0.39 is 0 Å². The van der Waals surface area contributed by atoms with Crippen LogP contribution in [0.1, 0.15) is 46.0 Å². The van der Waals surface area contributed by atoms with Crippen molar-refractivity contribution >= 4 is 15.9 Å². The number of alkyl halides is 1. The van der Waals surface area contributed by atoms with Gasteiger partial charge in [0.05, 0.1) is 0 Å². The minimum atomic E-state index is 0.638. The van der Waals surface area contributed by atoms with Gasteiger partial charge >= 0.3 is 0 Å². The first-order valence-corrected chi connectivity index (χ1v) is 6.57. The Morgan fingerprint density at radius 1 is 0.923 bits per heavy atom. The van der Waals surface area contributed by atoms with Gasteiger partial charge in [-0.05, 0) is 54.8 Å². The fourth-order valence-corrected chi connectivity index (χ4v) is 5.76. The van der Waals surface area contributed by atoms with Crippen molar-refractivity contribution < 1.29 is 0 Å². The highest BCUT2D eigenvalue weighted by Crippen LogP contribution is 2.66. The molecule has 0 heterocycles. The summed E-state index contributed by atoms with van der Waals surface area (Å²) >= 11 is 3.99. The normalized spacial score (nSPS) is 64.4. The van der Waals surface area contributed by atoms with E-state index in [0.29, 0.717) is 10.8 Å². The molecular weight excluding hydrogens is 224 g/mol. The van der Waals surface area contributed by atoms with Gasteiger partial charge < -0.3 is 0 Å². The van der Waals surface area contributed by atoms with Crippen LogP contribution >= 0.6 is 15.9 Å². The Labute approximate surface area is 89.6 Å². The summed E-state index contributed by atoms with van der Waals surface area (Å²) in [4.78, 5) is 0.792. The quantitative estimate of drug-likeness (QED) is 0.564. The molecule has 0 nitrogen and oxygen atoms in total. The van der Waals surface area contributed by atoms with Crippen LogP contribution in [0.2, 0.25) is 0 Å². The number of hydrogen-bond donors (Lipinski definition) is 0. The zero-order chi connectivity index (χ0) is 9.27. The standard InChI is InChI=1S/C12H19Br/c1-11-4-8-3-9(5-11)7-12(2,6-8)10(11)13/h8-10H,3-7H2,1-2H3. The Kier molecular flexibility index (Phi) is 1.58. The van der Waals surface area contributed by atoms with E-state index in [0.717, 1.165) is 16.7 Å². The van der Waals surface area contributed by atoms with E-state index in [4.69, 9.17) is 0 Å². The summed E-state index contributed by atoms with van der Waals surface area (Å²) in [5.41, 5.74) is 1.28. The van der Waals surface area contributed by atoms with Crippen molar-refractivity contribution in [2.45, 2.75) is 50.8 Å². The molecule has 0 atom stereocenters. The maximum atomic E-state index is 3.99. The second-order valence-electron chi connectivity index (χ2n) is 6.45. The Bertz CT molecular complexity index is 210. The predicted octanol–water partition coefficient (Wildman–Crippen LogP) is 3.99. The van der Waals surface area contributed by atoms with Crippen LogP contribution in [0, 0.1) is 22.7 Å². The van der Waals surface area contributed by atoms with E-state index >= 15 is 0 Å². The molecule has 1 heteroatoms. The molecule has 4 saturated carbocycles. The van der Waals surface area contributed by atoms with Crippen molar-refractivity contribution in [1.82, 2.24) is 0 Å². The molecule has 0 aromatic rings. The summed E-state index contributed by atoms with van der Waals surface area (Å²) in [5, 5.41) is 0. The third kappa shape index (κ3) is 1.03. The van der Waals surface area contributed by atoms with Gasteiger partial charge in [0, 0.05) is 4.83 Å². The molecule has 4 aliphatic carbocycles. The summed E-state index contributed by atoms with van der Waals surface area (Å²) in [6, 6.07) is 0. The molecule has 0 N–H and O–H groups in total. The molecule has 0 spiro atoms. The lowest BCUT2D eigenvalue weighted by Crippen LogP contribution is -2.57. The third-order valence-corrected chi connectivity index (χ3v) is 7.12. The van der Waals surface area contributed by atoms with E-state index in [9.17, 15) is 0 Å². The molecule has 0 radical (unpaired) electrons. The average molecular weight is 243 g/mol. The van der Waals surface area contributed by atoms with Gasteiger partial charge in [0.1, 0.15) is 0 Å². The van der Waals surface area contributed by atoms with Gasteiger partial charge in [-0.1, -0.05) is 29.8 Å². The predicted molar refractivity (Wildman–Crippen MR) is 59.0 cm³/mol. The van der Waals surface area contributed by atoms with Crippen LogP contribution in [0.15, 0.2) is 0 Å². The highest BCUT2D eigenvalue weighted by molar-refractivity contribution is 9.09. The summed E-state index contributed by atoms with van der Waals surface area (Å²) in [5.74, 6) is 2.13. The molecule has 0 aliphatic heterocycles. The Balaban J connectivity index is 2.03. The summed E-state index contributed by atoms with van der Waals surface area (Å²) in [7, 11) is 0. The molecule has 4 rings (SSSR count). The average Bonchev–Trinajstić information content (AvgIpc) is 1.97. The lowest BCUT2D eigenvalue weighted by atomic mass is 9.45. The Morgan fingerprint density at radius 3 is 1.69 bits per heavy atom. The second kappa shape index (κ2) is 2.35. The zero-order valence-corrected chi connectivity index (χ0v) is 10.2. The summed E-state index contributed by atoms with van der Waals surface area (Å²) in [6.45, 7) is 5.03. The molecular formula is C12H19Br. The van der Waals surface area contributed by atoms with Crippen LogP contribution in [-0.2, 0) is 0 Å². The first kappa shape index (κ1) is 8.76. The first-order valence-electron chi connectivity index (χ1n) is 5.66. The fourth-order valence-electron chi connectivity index (χ4n) is 5.01. The van der Waals surface area contributed by atoms with E-state index in [1.165, 1.54) is 25.7 Å². The van der Waals surface area contributed by atoms with Crippen LogP contribution in [-0.4, -0.2) is 4.83 Å². The minimum absolute atomic E-state index is 0.638. The van der Waals surface area contributed by atoms with Gasteiger partial charge in [-0.15, -0.1) is 0 Å². The maximum Gasteiger partial charge on any atom is 0.0253 e. The highest BCUT2D eigenvalue weighted by Gasteiger charge is 2.58. The van der Waals surface area contributed by atoms with Gasteiger partial charge in [-0.2, -0.15) is 0 Å². The van der Waals surface area contributed by atoms with Crippen LogP contribution in [0.5, 0.6) is 0 Å². The molecule has 0 unspecified atom stereocenters. The van der Waals surface area contributed by atoms with Gasteiger partial charge in [0.25, 0.3) is 0 Å². The summed E-state index contributed by atoms with van der Waals surface area (Å²) in [6.07, 6.45) is 7.53. The van der Waals surface area contributed by atoms with Crippen molar-refractivity contribution in [2.75, 3.05) is 0 Å². The largest absolute Gasteiger partial charge is 0.0879 e. The zero-order valence-electron chi connectivity index (χ0n) is 8.65. The van der Waals surface area contributed by atoms with Crippen LogP contribution in [0.4, 0.5) is 0 Å². The molecule has 0 aromatic carbocycles. The molecule has 0 saturated heterocycles. The van der Waals surface area contributed by atoms with Gasteiger partial charge in [-0.3, -0.25) is 0 Å². The van der Waals surface area contributed by atoms with Crippen molar-refractivity contribution in [3.05, 3.63) is 0 Å².